The predicted molar refractivity (Wildman–Crippen MR) is 90.7 cm³/mol. The number of aromatic nitrogens is 2. The van der Waals surface area contributed by atoms with Crippen LogP contribution in [0.4, 0.5) is 4.39 Å². The second kappa shape index (κ2) is 7.54. The van der Waals surface area contributed by atoms with E-state index in [4.69, 9.17) is 0 Å². The van der Waals surface area contributed by atoms with Crippen molar-refractivity contribution in [2.75, 3.05) is 0 Å². The fraction of sp³-hybridized carbons (Fsp3) is 0.188. The van der Waals surface area contributed by atoms with Gasteiger partial charge in [-0.2, -0.15) is 9.49 Å². The average molecular weight is 338 g/mol. The smallest absolute Gasteiger partial charge is 0.176 e. The van der Waals surface area contributed by atoms with Crippen LogP contribution in [0.25, 0.3) is 11.3 Å². The number of thiophene rings is 1. The lowest BCUT2D eigenvalue weighted by atomic mass is 10.1. The molecule has 0 fully saturated rings. The van der Waals surface area contributed by atoms with Gasteiger partial charge in [0.2, 0.25) is 0 Å². The standard InChI is InChI=1S/C16H16FN3S.ClH/c1-20-13(10-18-11-14-7-8-16(17)21-14)9-15(19-20)12-5-3-2-4-6-12;/h2-9,18H,10-11H2,1H3;1H. The summed E-state index contributed by atoms with van der Waals surface area (Å²) >= 11 is 1.18. The van der Waals surface area contributed by atoms with E-state index in [2.05, 4.69) is 16.5 Å². The zero-order valence-electron chi connectivity index (χ0n) is 12.1. The van der Waals surface area contributed by atoms with E-state index in [0.29, 0.717) is 13.1 Å². The normalized spacial score (nSPS) is 10.5. The van der Waals surface area contributed by atoms with Crippen molar-refractivity contribution in [2.45, 2.75) is 13.1 Å². The Morgan fingerprint density at radius 1 is 1.14 bits per heavy atom. The first kappa shape index (κ1) is 16.7. The molecule has 0 saturated carbocycles. The van der Waals surface area contributed by atoms with Crippen molar-refractivity contribution in [3.8, 4) is 11.3 Å². The van der Waals surface area contributed by atoms with E-state index in [-0.39, 0.29) is 17.5 Å². The van der Waals surface area contributed by atoms with Gasteiger partial charge in [0.15, 0.2) is 5.13 Å². The second-order valence-corrected chi connectivity index (χ2v) is 5.94. The molecule has 0 unspecified atom stereocenters. The van der Waals surface area contributed by atoms with Crippen LogP contribution in [0.15, 0.2) is 48.5 Å². The van der Waals surface area contributed by atoms with Crippen molar-refractivity contribution >= 4 is 23.7 Å². The number of nitrogens with one attached hydrogen (secondary N) is 1. The van der Waals surface area contributed by atoms with Crippen LogP contribution in [0.2, 0.25) is 0 Å². The first-order valence-electron chi connectivity index (χ1n) is 6.75. The summed E-state index contributed by atoms with van der Waals surface area (Å²) in [5.74, 6) is 0. The Morgan fingerprint density at radius 2 is 1.91 bits per heavy atom. The van der Waals surface area contributed by atoms with Gasteiger partial charge in [0.1, 0.15) is 0 Å². The van der Waals surface area contributed by atoms with E-state index in [0.717, 1.165) is 21.8 Å². The molecule has 0 aliphatic rings. The fourth-order valence-electron chi connectivity index (χ4n) is 2.18. The van der Waals surface area contributed by atoms with Crippen molar-refractivity contribution in [3.63, 3.8) is 0 Å². The minimum atomic E-state index is -0.140. The summed E-state index contributed by atoms with van der Waals surface area (Å²) in [4.78, 5) is 0.998. The molecule has 1 aromatic carbocycles. The number of hydrogen-bond donors (Lipinski definition) is 1. The topological polar surface area (TPSA) is 29.9 Å². The number of nitrogens with zero attached hydrogens (tertiary/aromatic N) is 2. The summed E-state index contributed by atoms with van der Waals surface area (Å²) in [5.41, 5.74) is 3.18. The molecule has 3 aromatic rings. The maximum atomic E-state index is 12.9. The molecule has 0 aliphatic heterocycles. The average Bonchev–Trinajstić information content (AvgIpc) is 3.07. The van der Waals surface area contributed by atoms with Crippen LogP contribution in [0.5, 0.6) is 0 Å². The minimum absolute atomic E-state index is 0. The van der Waals surface area contributed by atoms with Crippen molar-refractivity contribution < 1.29 is 4.39 Å². The van der Waals surface area contributed by atoms with Crippen molar-refractivity contribution in [3.05, 3.63) is 64.2 Å². The highest BCUT2D eigenvalue weighted by Gasteiger charge is 2.07. The highest BCUT2D eigenvalue weighted by Crippen LogP contribution is 2.18. The lowest BCUT2D eigenvalue weighted by Crippen LogP contribution is -2.14. The zero-order valence-corrected chi connectivity index (χ0v) is 13.8. The van der Waals surface area contributed by atoms with E-state index in [1.165, 1.54) is 17.4 Å². The molecule has 0 radical (unpaired) electrons. The Hall–Kier alpha value is -1.69. The molecular weight excluding hydrogens is 321 g/mol. The predicted octanol–water partition coefficient (Wildman–Crippen LogP) is 4.00. The van der Waals surface area contributed by atoms with E-state index < -0.39 is 0 Å². The van der Waals surface area contributed by atoms with Gasteiger partial charge in [0, 0.05) is 30.6 Å². The third-order valence-corrected chi connectivity index (χ3v) is 4.15. The monoisotopic (exact) mass is 337 g/mol. The zero-order chi connectivity index (χ0) is 14.7. The van der Waals surface area contributed by atoms with E-state index >= 15 is 0 Å². The van der Waals surface area contributed by atoms with Crippen LogP contribution < -0.4 is 5.32 Å². The highest BCUT2D eigenvalue weighted by atomic mass is 35.5. The molecule has 22 heavy (non-hydrogen) atoms. The second-order valence-electron chi connectivity index (χ2n) is 4.82. The quantitative estimate of drug-likeness (QED) is 0.762. The SMILES string of the molecule is Cl.Cn1nc(-c2ccccc2)cc1CNCc1ccc(F)s1. The molecule has 0 spiro atoms. The third-order valence-electron chi connectivity index (χ3n) is 3.28. The van der Waals surface area contributed by atoms with E-state index in [9.17, 15) is 4.39 Å². The molecule has 1 N–H and O–H groups in total. The molecule has 6 heteroatoms. The molecule has 0 aliphatic carbocycles. The van der Waals surface area contributed by atoms with Gasteiger partial charge < -0.3 is 5.32 Å². The maximum absolute atomic E-state index is 12.9. The molecule has 2 heterocycles. The maximum Gasteiger partial charge on any atom is 0.176 e. The lowest BCUT2D eigenvalue weighted by Gasteiger charge is -2.03. The van der Waals surface area contributed by atoms with Gasteiger partial charge in [-0.3, -0.25) is 4.68 Å². The van der Waals surface area contributed by atoms with Crippen LogP contribution in [-0.2, 0) is 20.1 Å². The first-order valence-corrected chi connectivity index (χ1v) is 7.57. The van der Waals surface area contributed by atoms with E-state index in [1.54, 1.807) is 0 Å². The van der Waals surface area contributed by atoms with Crippen molar-refractivity contribution in [1.29, 1.82) is 0 Å². The molecule has 0 atom stereocenters. The van der Waals surface area contributed by atoms with Crippen LogP contribution in [0.1, 0.15) is 10.6 Å². The molecule has 116 valence electrons. The Labute approximate surface area is 139 Å². The minimum Gasteiger partial charge on any atom is -0.306 e. The van der Waals surface area contributed by atoms with Crippen LogP contribution in [-0.4, -0.2) is 9.78 Å². The highest BCUT2D eigenvalue weighted by molar-refractivity contribution is 7.10. The summed E-state index contributed by atoms with van der Waals surface area (Å²) in [6.07, 6.45) is 0. The van der Waals surface area contributed by atoms with Crippen LogP contribution in [0, 0.1) is 5.13 Å². The van der Waals surface area contributed by atoms with Crippen molar-refractivity contribution in [1.82, 2.24) is 15.1 Å². The lowest BCUT2D eigenvalue weighted by molar-refractivity contribution is 0.630. The Kier molecular flexibility index (Phi) is 5.71. The fourth-order valence-corrected chi connectivity index (χ4v) is 2.88. The van der Waals surface area contributed by atoms with Crippen molar-refractivity contribution in [2.24, 2.45) is 7.05 Å². The van der Waals surface area contributed by atoms with Gasteiger partial charge in [0.05, 0.1) is 11.4 Å². The van der Waals surface area contributed by atoms with Gasteiger partial charge >= 0.3 is 0 Å². The van der Waals surface area contributed by atoms with Gasteiger partial charge in [-0.05, 0) is 18.2 Å². The molecule has 2 aromatic heterocycles. The van der Waals surface area contributed by atoms with E-state index in [1.807, 2.05) is 48.1 Å². The van der Waals surface area contributed by atoms with Gasteiger partial charge in [-0.15, -0.1) is 23.7 Å². The molecule has 3 nitrogen and oxygen atoms in total. The van der Waals surface area contributed by atoms with Gasteiger partial charge in [0.25, 0.3) is 0 Å². The van der Waals surface area contributed by atoms with Crippen LogP contribution >= 0.6 is 23.7 Å². The molecule has 0 saturated heterocycles. The van der Waals surface area contributed by atoms with Gasteiger partial charge in [-0.1, -0.05) is 30.3 Å². The summed E-state index contributed by atoms with van der Waals surface area (Å²) < 4.78 is 14.8. The molecule has 0 amide bonds. The van der Waals surface area contributed by atoms with Crippen LogP contribution in [0.3, 0.4) is 0 Å². The summed E-state index contributed by atoms with van der Waals surface area (Å²) in [6, 6.07) is 15.5. The number of rotatable bonds is 5. The molecule has 3 rings (SSSR count). The Morgan fingerprint density at radius 3 is 2.59 bits per heavy atom. The third kappa shape index (κ3) is 3.94. The largest absolute Gasteiger partial charge is 0.306 e. The number of aryl methyl sites for hydroxylation is 1. The summed E-state index contributed by atoms with van der Waals surface area (Å²) in [7, 11) is 1.94. The number of halogens is 2. The number of benzene rings is 1. The first-order chi connectivity index (χ1) is 10.2. The Bertz CT molecular complexity index is 724. The molecule has 0 bridgehead atoms. The Balaban J connectivity index is 0.00000176. The summed E-state index contributed by atoms with van der Waals surface area (Å²) in [6.45, 7) is 1.37. The van der Waals surface area contributed by atoms with Gasteiger partial charge in [-0.25, -0.2) is 0 Å². The number of hydrogen-bond acceptors (Lipinski definition) is 3. The summed E-state index contributed by atoms with van der Waals surface area (Å²) in [5, 5.41) is 7.71. The molecular formula is C16H17ClFN3S.